The van der Waals surface area contributed by atoms with E-state index < -0.39 is 0 Å². The summed E-state index contributed by atoms with van der Waals surface area (Å²) in [5, 5.41) is 16.6. The molecule has 4 aromatic rings. The van der Waals surface area contributed by atoms with E-state index in [1.807, 2.05) is 18.2 Å². The van der Waals surface area contributed by atoms with Gasteiger partial charge in [-0.05, 0) is 55.2 Å². The maximum absolute atomic E-state index is 13.4. The van der Waals surface area contributed by atoms with Gasteiger partial charge >= 0.3 is 0 Å². The number of halogens is 1. The highest BCUT2D eigenvalue weighted by Crippen LogP contribution is 2.28. The van der Waals surface area contributed by atoms with Gasteiger partial charge in [-0.3, -0.25) is 9.89 Å². The Hall–Kier alpha value is -3.39. The normalized spacial score (nSPS) is 15.0. The average Bonchev–Trinajstić information content (AvgIpc) is 3.41. The van der Waals surface area contributed by atoms with Gasteiger partial charge in [-0.1, -0.05) is 11.3 Å². The Bertz CT molecular complexity index is 1190. The Kier molecular flexibility index (Phi) is 4.84. The lowest BCUT2D eigenvalue weighted by Crippen LogP contribution is -2.23. The average molecular weight is 405 g/mol. The number of ether oxygens (including phenoxy) is 1. The second kappa shape index (κ2) is 7.79. The number of carbonyl (C=O) groups is 1. The highest BCUT2D eigenvalue weighted by molar-refractivity contribution is 6.11. The van der Waals surface area contributed by atoms with Gasteiger partial charge in [-0.2, -0.15) is 5.10 Å². The van der Waals surface area contributed by atoms with Crippen molar-refractivity contribution < 1.29 is 13.9 Å². The lowest BCUT2D eigenvalue weighted by molar-refractivity contribution is 0.0596. The Morgan fingerprint density at radius 1 is 1.17 bits per heavy atom. The minimum absolute atomic E-state index is 0.227. The molecular formula is C22H20FN5O2. The molecule has 2 aromatic carbocycles. The van der Waals surface area contributed by atoms with Crippen molar-refractivity contribution >= 4 is 16.7 Å². The number of H-pyrrole nitrogens is 1. The molecule has 30 heavy (non-hydrogen) atoms. The highest BCUT2D eigenvalue weighted by Gasteiger charge is 2.25. The monoisotopic (exact) mass is 405 g/mol. The Morgan fingerprint density at radius 3 is 2.77 bits per heavy atom. The SMILES string of the molecule is O=C(c1ccc(F)cc1)c1c(-c2ccc3[nH]ncc3c2)nnn1CC1CCOCC1. The molecule has 0 aliphatic carbocycles. The topological polar surface area (TPSA) is 85.7 Å². The van der Waals surface area contributed by atoms with Crippen molar-refractivity contribution in [3.05, 3.63) is 65.7 Å². The van der Waals surface area contributed by atoms with E-state index >= 15 is 0 Å². The highest BCUT2D eigenvalue weighted by atomic mass is 19.1. The molecule has 152 valence electrons. The second-order valence-electron chi connectivity index (χ2n) is 7.53. The van der Waals surface area contributed by atoms with Crippen molar-refractivity contribution in [2.45, 2.75) is 19.4 Å². The molecule has 1 aliphatic heterocycles. The van der Waals surface area contributed by atoms with Crippen LogP contribution in [0.15, 0.2) is 48.7 Å². The maximum Gasteiger partial charge on any atom is 0.213 e. The van der Waals surface area contributed by atoms with Crippen molar-refractivity contribution in [1.29, 1.82) is 0 Å². The molecule has 0 spiro atoms. The zero-order chi connectivity index (χ0) is 20.5. The van der Waals surface area contributed by atoms with E-state index in [2.05, 4.69) is 20.5 Å². The van der Waals surface area contributed by atoms with Gasteiger partial charge in [0.05, 0.1) is 11.7 Å². The number of aromatic amines is 1. The number of ketones is 1. The number of hydrogen-bond donors (Lipinski definition) is 1. The van der Waals surface area contributed by atoms with E-state index in [0.29, 0.717) is 42.6 Å². The number of carbonyl (C=O) groups excluding carboxylic acids is 1. The molecule has 0 radical (unpaired) electrons. The van der Waals surface area contributed by atoms with Gasteiger partial charge in [0, 0.05) is 36.3 Å². The largest absolute Gasteiger partial charge is 0.381 e. The molecule has 0 bridgehead atoms. The van der Waals surface area contributed by atoms with E-state index in [0.717, 1.165) is 29.3 Å². The molecule has 8 heteroatoms. The third-order valence-corrected chi connectivity index (χ3v) is 5.54. The lowest BCUT2D eigenvalue weighted by atomic mass is 9.99. The number of benzene rings is 2. The summed E-state index contributed by atoms with van der Waals surface area (Å²) in [6.45, 7) is 2.02. The first-order valence-corrected chi connectivity index (χ1v) is 9.94. The third-order valence-electron chi connectivity index (χ3n) is 5.54. The molecule has 7 nitrogen and oxygen atoms in total. The smallest absolute Gasteiger partial charge is 0.213 e. The molecule has 1 saturated heterocycles. The van der Waals surface area contributed by atoms with Crippen LogP contribution in [0.1, 0.15) is 28.9 Å². The van der Waals surface area contributed by atoms with Crippen LogP contribution in [-0.2, 0) is 11.3 Å². The predicted molar refractivity (Wildman–Crippen MR) is 108 cm³/mol. The molecule has 5 rings (SSSR count). The molecule has 1 aliphatic rings. The second-order valence-corrected chi connectivity index (χ2v) is 7.53. The Morgan fingerprint density at radius 2 is 1.97 bits per heavy atom. The van der Waals surface area contributed by atoms with E-state index in [-0.39, 0.29) is 11.6 Å². The summed E-state index contributed by atoms with van der Waals surface area (Å²) in [7, 11) is 0. The van der Waals surface area contributed by atoms with Crippen molar-refractivity contribution in [2.24, 2.45) is 5.92 Å². The molecule has 2 aromatic heterocycles. The van der Waals surface area contributed by atoms with Crippen LogP contribution in [0.2, 0.25) is 0 Å². The molecule has 1 fully saturated rings. The summed E-state index contributed by atoms with van der Waals surface area (Å²) in [4.78, 5) is 13.4. The maximum atomic E-state index is 13.4. The van der Waals surface area contributed by atoms with Gasteiger partial charge in [0.1, 0.15) is 17.2 Å². The number of nitrogens with one attached hydrogen (secondary N) is 1. The van der Waals surface area contributed by atoms with Crippen molar-refractivity contribution in [3.8, 4) is 11.3 Å². The first kappa shape index (κ1) is 18.6. The fraction of sp³-hybridized carbons (Fsp3) is 0.273. The van der Waals surface area contributed by atoms with Gasteiger partial charge in [0.25, 0.3) is 0 Å². The number of nitrogens with zero attached hydrogens (tertiary/aromatic N) is 4. The summed E-state index contributed by atoms with van der Waals surface area (Å²) in [6, 6.07) is 11.3. The number of aromatic nitrogens is 5. The molecule has 0 amide bonds. The third kappa shape index (κ3) is 3.50. The number of rotatable bonds is 5. The van der Waals surface area contributed by atoms with Crippen LogP contribution in [0.4, 0.5) is 4.39 Å². The zero-order valence-corrected chi connectivity index (χ0v) is 16.2. The first-order chi connectivity index (χ1) is 14.7. The lowest BCUT2D eigenvalue weighted by Gasteiger charge is -2.22. The van der Waals surface area contributed by atoms with Crippen LogP contribution >= 0.6 is 0 Å². The molecule has 0 saturated carbocycles. The van der Waals surface area contributed by atoms with E-state index in [4.69, 9.17) is 4.74 Å². The van der Waals surface area contributed by atoms with Crippen molar-refractivity contribution in [3.63, 3.8) is 0 Å². The van der Waals surface area contributed by atoms with E-state index in [1.165, 1.54) is 24.3 Å². The van der Waals surface area contributed by atoms with Gasteiger partial charge in [0.2, 0.25) is 5.78 Å². The summed E-state index contributed by atoms with van der Waals surface area (Å²) in [6.07, 6.45) is 3.56. The fourth-order valence-electron chi connectivity index (χ4n) is 3.86. The number of fused-ring (bicyclic) bond motifs is 1. The standard InChI is InChI=1S/C22H20FN5O2/c23-18-4-1-15(2-5-18)22(29)21-20(16-3-6-19-17(11-16)12-24-25-19)26-27-28(21)13-14-7-9-30-10-8-14/h1-6,11-12,14H,7-10,13H2,(H,24,25). The predicted octanol–water partition coefficient (Wildman–Crippen LogP) is 3.62. The molecular weight excluding hydrogens is 385 g/mol. The molecule has 0 unspecified atom stereocenters. The Balaban J connectivity index is 1.58. The van der Waals surface area contributed by atoms with E-state index in [1.54, 1.807) is 10.9 Å². The van der Waals surface area contributed by atoms with Crippen molar-refractivity contribution in [2.75, 3.05) is 13.2 Å². The number of hydrogen-bond acceptors (Lipinski definition) is 5. The molecule has 0 atom stereocenters. The van der Waals surface area contributed by atoms with Crippen LogP contribution in [0.3, 0.4) is 0 Å². The molecule has 1 N–H and O–H groups in total. The quantitative estimate of drug-likeness (QED) is 0.513. The minimum atomic E-state index is -0.383. The van der Waals surface area contributed by atoms with Crippen LogP contribution in [0.5, 0.6) is 0 Å². The van der Waals surface area contributed by atoms with Crippen LogP contribution in [0.25, 0.3) is 22.2 Å². The Labute approximate surface area is 171 Å². The fourth-order valence-corrected chi connectivity index (χ4v) is 3.86. The van der Waals surface area contributed by atoms with Gasteiger partial charge in [-0.25, -0.2) is 9.07 Å². The van der Waals surface area contributed by atoms with Crippen LogP contribution in [-0.4, -0.2) is 44.2 Å². The summed E-state index contributed by atoms with van der Waals surface area (Å²) in [5.74, 6) is -0.246. The van der Waals surface area contributed by atoms with Crippen molar-refractivity contribution in [1.82, 2.24) is 25.2 Å². The van der Waals surface area contributed by atoms with Gasteiger partial charge in [-0.15, -0.1) is 5.10 Å². The molecule has 3 heterocycles. The summed E-state index contributed by atoms with van der Waals surface area (Å²) < 4.78 is 20.5. The van der Waals surface area contributed by atoms with E-state index in [9.17, 15) is 9.18 Å². The minimum Gasteiger partial charge on any atom is -0.381 e. The van der Waals surface area contributed by atoms with Gasteiger partial charge in [0.15, 0.2) is 0 Å². The summed E-state index contributed by atoms with van der Waals surface area (Å²) >= 11 is 0. The van der Waals surface area contributed by atoms with Gasteiger partial charge < -0.3 is 4.74 Å². The van der Waals surface area contributed by atoms with Crippen LogP contribution in [0, 0.1) is 11.7 Å². The van der Waals surface area contributed by atoms with Crippen LogP contribution < -0.4 is 0 Å². The first-order valence-electron chi connectivity index (χ1n) is 9.94. The summed E-state index contributed by atoms with van der Waals surface area (Å²) in [5.41, 5.74) is 3.01. The zero-order valence-electron chi connectivity index (χ0n) is 16.2.